The fourth-order valence-electron chi connectivity index (χ4n) is 0.654. The maximum Gasteiger partial charge on any atom is 0.339 e. The van der Waals surface area contributed by atoms with Crippen molar-refractivity contribution in [2.75, 3.05) is 13.1 Å². The van der Waals surface area contributed by atoms with Gasteiger partial charge in [0.25, 0.3) is 0 Å². The second-order valence-corrected chi connectivity index (χ2v) is 2.40. The average Bonchev–Trinajstić information content (AvgIpc) is 2.18. The maximum atomic E-state index is 10.3. The molecule has 1 aromatic rings. The standard InChI is InChI=1S/C7H6O3.C2H8N2/c8-6-4-2-1-3-5(6)7(9)10;3-1-2-4/h1-4,8H,(H,9,10);1-4H2. The first-order chi connectivity index (χ1) is 6.63. The SMILES string of the molecule is NCCN.O=C(O)c1ccccc1O. The smallest absolute Gasteiger partial charge is 0.339 e. The van der Waals surface area contributed by atoms with Gasteiger partial charge in [-0.2, -0.15) is 0 Å². The largest absolute Gasteiger partial charge is 0.507 e. The van der Waals surface area contributed by atoms with Crippen LogP contribution in [0.15, 0.2) is 24.3 Å². The summed E-state index contributed by atoms with van der Waals surface area (Å²) in [5.74, 6) is -1.31. The van der Waals surface area contributed by atoms with Gasteiger partial charge in [0.2, 0.25) is 0 Å². The number of hydrogen-bond acceptors (Lipinski definition) is 4. The van der Waals surface area contributed by atoms with Gasteiger partial charge in [-0.1, -0.05) is 12.1 Å². The van der Waals surface area contributed by atoms with E-state index < -0.39 is 5.97 Å². The number of hydrogen-bond donors (Lipinski definition) is 4. The number of phenols is 1. The molecule has 0 fully saturated rings. The predicted molar refractivity (Wildman–Crippen MR) is 53.2 cm³/mol. The normalized spacial score (nSPS) is 8.71. The first-order valence-corrected chi connectivity index (χ1v) is 4.05. The van der Waals surface area contributed by atoms with E-state index in [0.29, 0.717) is 13.1 Å². The van der Waals surface area contributed by atoms with Crippen LogP contribution in [-0.2, 0) is 0 Å². The van der Waals surface area contributed by atoms with Crippen molar-refractivity contribution in [2.24, 2.45) is 11.5 Å². The molecule has 78 valence electrons. The summed E-state index contributed by atoms with van der Waals surface area (Å²) in [6.45, 7) is 1.19. The first-order valence-electron chi connectivity index (χ1n) is 4.05. The van der Waals surface area contributed by atoms with Gasteiger partial charge in [-0.3, -0.25) is 0 Å². The third-order valence-corrected chi connectivity index (χ3v) is 1.30. The van der Waals surface area contributed by atoms with Crippen molar-refractivity contribution in [2.45, 2.75) is 0 Å². The van der Waals surface area contributed by atoms with Crippen LogP contribution < -0.4 is 11.5 Å². The van der Waals surface area contributed by atoms with Gasteiger partial charge in [-0.15, -0.1) is 0 Å². The number of carboxylic acid groups (broad SMARTS) is 1. The fourth-order valence-corrected chi connectivity index (χ4v) is 0.654. The van der Waals surface area contributed by atoms with Gasteiger partial charge in [0.1, 0.15) is 11.3 Å². The maximum absolute atomic E-state index is 10.3. The first kappa shape index (κ1) is 12.4. The second-order valence-electron chi connectivity index (χ2n) is 2.40. The summed E-state index contributed by atoms with van der Waals surface area (Å²) in [5, 5.41) is 17.3. The van der Waals surface area contributed by atoms with Crippen LogP contribution in [0, 0.1) is 0 Å². The number of rotatable bonds is 2. The lowest BCUT2D eigenvalue weighted by molar-refractivity contribution is 0.0694. The molecule has 0 atom stereocenters. The molecule has 1 rings (SSSR count). The van der Waals surface area contributed by atoms with E-state index >= 15 is 0 Å². The Labute approximate surface area is 82.0 Å². The van der Waals surface area contributed by atoms with E-state index in [1.807, 2.05) is 0 Å². The molecule has 0 unspecified atom stereocenters. The highest BCUT2D eigenvalue weighted by atomic mass is 16.4. The van der Waals surface area contributed by atoms with Crippen LogP contribution in [0.25, 0.3) is 0 Å². The zero-order valence-electron chi connectivity index (χ0n) is 7.68. The van der Waals surface area contributed by atoms with Crippen LogP contribution in [0.3, 0.4) is 0 Å². The number of carboxylic acids is 1. The summed E-state index contributed by atoms with van der Waals surface area (Å²) in [4.78, 5) is 10.3. The lowest BCUT2D eigenvalue weighted by atomic mass is 10.2. The summed E-state index contributed by atoms with van der Waals surface area (Å²) in [6.07, 6.45) is 0. The minimum atomic E-state index is -1.11. The number of aromatic hydroxyl groups is 1. The van der Waals surface area contributed by atoms with E-state index in [1.165, 1.54) is 12.1 Å². The van der Waals surface area contributed by atoms with Crippen molar-refractivity contribution in [1.82, 2.24) is 0 Å². The molecule has 0 radical (unpaired) electrons. The van der Waals surface area contributed by atoms with Crippen LogP contribution in [-0.4, -0.2) is 29.3 Å². The topological polar surface area (TPSA) is 110 Å². The molecule has 0 heterocycles. The van der Waals surface area contributed by atoms with Gasteiger partial charge < -0.3 is 21.7 Å². The number of nitrogens with two attached hydrogens (primary N) is 2. The zero-order chi connectivity index (χ0) is 11.0. The van der Waals surface area contributed by atoms with Gasteiger partial charge in [0, 0.05) is 13.1 Å². The Balaban J connectivity index is 0.000000364. The summed E-state index contributed by atoms with van der Waals surface area (Å²) >= 11 is 0. The van der Waals surface area contributed by atoms with Crippen LogP contribution >= 0.6 is 0 Å². The Kier molecular flexibility index (Phi) is 6.09. The highest BCUT2D eigenvalue weighted by Crippen LogP contribution is 2.14. The van der Waals surface area contributed by atoms with Gasteiger partial charge in [-0.25, -0.2) is 4.79 Å². The summed E-state index contributed by atoms with van der Waals surface area (Å²) in [5.41, 5.74) is 9.74. The van der Waals surface area contributed by atoms with Gasteiger partial charge in [0.05, 0.1) is 0 Å². The van der Waals surface area contributed by atoms with Crippen molar-refractivity contribution < 1.29 is 15.0 Å². The molecule has 1 aromatic carbocycles. The number of benzene rings is 1. The van der Waals surface area contributed by atoms with E-state index in [1.54, 1.807) is 12.1 Å². The monoisotopic (exact) mass is 198 g/mol. The molecule has 5 heteroatoms. The van der Waals surface area contributed by atoms with Crippen LogP contribution in [0.4, 0.5) is 0 Å². The summed E-state index contributed by atoms with van der Waals surface area (Å²) in [7, 11) is 0. The van der Waals surface area contributed by atoms with Crippen molar-refractivity contribution in [1.29, 1.82) is 0 Å². The Morgan fingerprint density at radius 3 is 2.00 bits per heavy atom. The van der Waals surface area contributed by atoms with E-state index in [0.717, 1.165) is 0 Å². The average molecular weight is 198 g/mol. The Morgan fingerprint density at radius 1 is 1.21 bits per heavy atom. The minimum Gasteiger partial charge on any atom is -0.507 e. The summed E-state index contributed by atoms with van der Waals surface area (Å²) in [6, 6.07) is 5.81. The number of aromatic carboxylic acids is 1. The summed E-state index contributed by atoms with van der Waals surface area (Å²) < 4.78 is 0. The van der Waals surface area contributed by atoms with E-state index in [9.17, 15) is 4.79 Å². The lowest BCUT2D eigenvalue weighted by Crippen LogP contribution is -2.11. The highest BCUT2D eigenvalue weighted by Gasteiger charge is 2.05. The molecule has 0 aliphatic heterocycles. The Morgan fingerprint density at radius 2 is 1.71 bits per heavy atom. The molecule has 0 aliphatic carbocycles. The molecular weight excluding hydrogens is 184 g/mol. The quantitative estimate of drug-likeness (QED) is 0.534. The van der Waals surface area contributed by atoms with Gasteiger partial charge in [0.15, 0.2) is 0 Å². The fraction of sp³-hybridized carbons (Fsp3) is 0.222. The van der Waals surface area contributed by atoms with E-state index in [-0.39, 0.29) is 11.3 Å². The van der Waals surface area contributed by atoms with Crippen LogP contribution in [0.1, 0.15) is 10.4 Å². The molecular formula is C9H14N2O3. The molecule has 0 aliphatic rings. The van der Waals surface area contributed by atoms with E-state index in [4.69, 9.17) is 21.7 Å². The molecule has 0 saturated heterocycles. The third-order valence-electron chi connectivity index (χ3n) is 1.30. The molecule has 0 aromatic heterocycles. The zero-order valence-corrected chi connectivity index (χ0v) is 7.68. The van der Waals surface area contributed by atoms with E-state index in [2.05, 4.69) is 0 Å². The predicted octanol–water partition coefficient (Wildman–Crippen LogP) is -0.00580. The molecule has 0 amide bonds. The Hall–Kier alpha value is -1.59. The molecule has 0 saturated carbocycles. The molecule has 6 N–H and O–H groups in total. The molecule has 5 nitrogen and oxygen atoms in total. The Bertz CT molecular complexity index is 287. The lowest BCUT2D eigenvalue weighted by Gasteiger charge is -1.95. The van der Waals surface area contributed by atoms with Crippen molar-refractivity contribution in [3.63, 3.8) is 0 Å². The van der Waals surface area contributed by atoms with Crippen molar-refractivity contribution in [3.8, 4) is 5.75 Å². The van der Waals surface area contributed by atoms with Crippen LogP contribution in [0.5, 0.6) is 5.75 Å². The number of para-hydroxylation sites is 1. The highest BCUT2D eigenvalue weighted by molar-refractivity contribution is 5.90. The second kappa shape index (κ2) is 6.88. The molecule has 0 bridgehead atoms. The molecule has 14 heavy (non-hydrogen) atoms. The van der Waals surface area contributed by atoms with Gasteiger partial charge in [-0.05, 0) is 12.1 Å². The van der Waals surface area contributed by atoms with Crippen LogP contribution in [0.2, 0.25) is 0 Å². The minimum absolute atomic E-state index is 0.0671. The third kappa shape index (κ3) is 4.44. The number of carbonyl (C=O) groups is 1. The van der Waals surface area contributed by atoms with Gasteiger partial charge >= 0.3 is 5.97 Å². The van der Waals surface area contributed by atoms with Crippen molar-refractivity contribution in [3.05, 3.63) is 29.8 Å². The molecule has 0 spiro atoms. The van der Waals surface area contributed by atoms with Crippen molar-refractivity contribution >= 4 is 5.97 Å².